The van der Waals surface area contributed by atoms with Crippen LogP contribution in [0.25, 0.3) is 0 Å². The molecule has 3 rings (SSSR count). The molecule has 8 heteroatoms. The lowest BCUT2D eigenvalue weighted by atomic mass is 9.85. The molecule has 0 spiro atoms. The molecule has 30 heavy (non-hydrogen) atoms. The molecule has 2 N–H and O–H groups in total. The second-order valence-electron chi connectivity index (χ2n) is 7.81. The Kier molecular flexibility index (Phi) is 7.21. The van der Waals surface area contributed by atoms with Crippen molar-refractivity contribution in [2.24, 2.45) is 0 Å². The number of rotatable bonds is 7. The maximum absolute atomic E-state index is 11.9. The number of nitrogens with one attached hydrogen (secondary N) is 1. The average molecular weight is 412 g/mol. The number of hydrogen-bond acceptors (Lipinski definition) is 6. The normalized spacial score (nSPS) is 15.3. The zero-order valence-corrected chi connectivity index (χ0v) is 17.4. The van der Waals surface area contributed by atoms with Gasteiger partial charge >= 0.3 is 12.1 Å². The Morgan fingerprint density at radius 3 is 2.53 bits per heavy atom. The highest BCUT2D eigenvalue weighted by Gasteiger charge is 2.24. The molecule has 0 aliphatic heterocycles. The van der Waals surface area contributed by atoms with E-state index in [2.05, 4.69) is 15.3 Å². The number of anilines is 1. The number of ether oxygens (including phenoxy) is 1. The first-order valence-electron chi connectivity index (χ1n) is 10.2. The van der Waals surface area contributed by atoms with Crippen LogP contribution in [0.2, 0.25) is 0 Å². The Morgan fingerprint density at radius 2 is 1.90 bits per heavy atom. The van der Waals surface area contributed by atoms with Crippen LogP contribution in [0.3, 0.4) is 0 Å². The van der Waals surface area contributed by atoms with Gasteiger partial charge in [0.15, 0.2) is 0 Å². The summed E-state index contributed by atoms with van der Waals surface area (Å²) < 4.78 is 5.20. The van der Waals surface area contributed by atoms with E-state index < -0.39 is 18.1 Å². The van der Waals surface area contributed by atoms with E-state index in [1.165, 1.54) is 30.5 Å². The van der Waals surface area contributed by atoms with Crippen LogP contribution in [0, 0.1) is 0 Å². The Bertz CT molecular complexity index is 864. The number of carbonyl (C=O) groups excluding carboxylic acids is 1. The minimum absolute atomic E-state index is 0.269. The lowest BCUT2D eigenvalue weighted by molar-refractivity contribution is -0.137. The van der Waals surface area contributed by atoms with Gasteiger partial charge in [0, 0.05) is 32.3 Å². The molecule has 1 aliphatic carbocycles. The van der Waals surface area contributed by atoms with Gasteiger partial charge in [-0.2, -0.15) is 0 Å². The number of aromatic nitrogens is 2. The molecule has 1 atom stereocenters. The van der Waals surface area contributed by atoms with Gasteiger partial charge < -0.3 is 20.1 Å². The lowest BCUT2D eigenvalue weighted by Crippen LogP contribution is -2.32. The fourth-order valence-electron chi connectivity index (χ4n) is 3.66. The Morgan fingerprint density at radius 1 is 1.20 bits per heavy atom. The SMILES string of the molecule is CN(C)C(=O)Oc1ccc(C[C@H](Nc2ncncc2C2CCCCC2)C(=O)O)cc1. The second kappa shape index (κ2) is 10.0. The number of aliphatic carboxylic acids is 1. The number of nitrogens with zero attached hydrogens (tertiary/aromatic N) is 3. The zero-order valence-electron chi connectivity index (χ0n) is 17.4. The van der Waals surface area contributed by atoms with E-state index in [1.54, 1.807) is 44.6 Å². The largest absolute Gasteiger partial charge is 0.480 e. The molecular formula is C22H28N4O4. The molecular weight excluding hydrogens is 384 g/mol. The molecule has 1 aromatic heterocycles. The minimum atomic E-state index is -0.952. The van der Waals surface area contributed by atoms with Crippen molar-refractivity contribution >= 4 is 17.9 Å². The quantitative estimate of drug-likeness (QED) is 0.714. The van der Waals surface area contributed by atoms with Crippen molar-refractivity contribution in [3.63, 3.8) is 0 Å². The van der Waals surface area contributed by atoms with Gasteiger partial charge in [-0.25, -0.2) is 19.6 Å². The Labute approximate surface area is 176 Å². The number of amides is 1. The van der Waals surface area contributed by atoms with E-state index in [4.69, 9.17) is 4.74 Å². The number of carboxylic acid groups (broad SMARTS) is 1. The third-order valence-corrected chi connectivity index (χ3v) is 5.33. The van der Waals surface area contributed by atoms with Crippen molar-refractivity contribution in [3.8, 4) is 5.75 Å². The minimum Gasteiger partial charge on any atom is -0.480 e. The fraction of sp³-hybridized carbons (Fsp3) is 0.455. The van der Waals surface area contributed by atoms with Crippen LogP contribution in [0.1, 0.15) is 49.1 Å². The molecule has 8 nitrogen and oxygen atoms in total. The van der Waals surface area contributed by atoms with Crippen LogP contribution in [0.5, 0.6) is 5.75 Å². The summed E-state index contributed by atoms with van der Waals surface area (Å²) in [4.78, 5) is 33.4. The van der Waals surface area contributed by atoms with E-state index in [9.17, 15) is 14.7 Å². The topological polar surface area (TPSA) is 105 Å². The molecule has 0 unspecified atom stereocenters. The number of hydrogen-bond donors (Lipinski definition) is 2. The van der Waals surface area contributed by atoms with Crippen LogP contribution in [-0.4, -0.2) is 52.2 Å². The maximum Gasteiger partial charge on any atom is 0.414 e. The molecule has 0 bridgehead atoms. The highest BCUT2D eigenvalue weighted by Crippen LogP contribution is 2.35. The van der Waals surface area contributed by atoms with Gasteiger partial charge in [0.1, 0.15) is 23.9 Å². The molecule has 1 amide bonds. The van der Waals surface area contributed by atoms with Crippen LogP contribution in [0.15, 0.2) is 36.8 Å². The van der Waals surface area contributed by atoms with Crippen molar-refractivity contribution in [3.05, 3.63) is 47.9 Å². The van der Waals surface area contributed by atoms with Gasteiger partial charge in [-0.05, 0) is 36.5 Å². The number of carbonyl (C=O) groups is 2. The first-order chi connectivity index (χ1) is 14.4. The van der Waals surface area contributed by atoms with E-state index in [0.29, 0.717) is 17.5 Å². The molecule has 1 heterocycles. The summed E-state index contributed by atoms with van der Waals surface area (Å²) in [6.07, 6.45) is 8.79. The summed E-state index contributed by atoms with van der Waals surface area (Å²) in [6.45, 7) is 0. The number of benzene rings is 1. The molecule has 0 radical (unpaired) electrons. The summed E-state index contributed by atoms with van der Waals surface area (Å²) in [6, 6.07) is 6.01. The molecule has 1 saturated carbocycles. The van der Waals surface area contributed by atoms with Crippen LogP contribution >= 0.6 is 0 Å². The van der Waals surface area contributed by atoms with Crippen LogP contribution in [0.4, 0.5) is 10.6 Å². The van der Waals surface area contributed by atoms with Crippen molar-refractivity contribution in [1.29, 1.82) is 0 Å². The van der Waals surface area contributed by atoms with Gasteiger partial charge in [-0.15, -0.1) is 0 Å². The van der Waals surface area contributed by atoms with Gasteiger partial charge in [0.25, 0.3) is 0 Å². The summed E-state index contributed by atoms with van der Waals surface area (Å²) in [5.74, 6) is 0.419. The van der Waals surface area contributed by atoms with E-state index in [1.807, 2.05) is 0 Å². The molecule has 1 aromatic carbocycles. The van der Waals surface area contributed by atoms with Gasteiger partial charge in [0.2, 0.25) is 0 Å². The third-order valence-electron chi connectivity index (χ3n) is 5.33. The first-order valence-corrected chi connectivity index (χ1v) is 10.2. The van der Waals surface area contributed by atoms with Gasteiger partial charge in [0.05, 0.1) is 0 Å². The standard InChI is InChI=1S/C22H28N4O4/c1-26(2)22(29)30-17-10-8-15(9-11-17)12-19(21(27)28)25-20-18(13-23-14-24-20)16-6-4-3-5-7-16/h8-11,13-14,16,19H,3-7,12H2,1-2H3,(H,27,28)(H,23,24,25)/t19-/m0/s1. The monoisotopic (exact) mass is 412 g/mol. The van der Waals surface area contributed by atoms with Gasteiger partial charge in [-0.1, -0.05) is 31.4 Å². The Balaban J connectivity index is 1.70. The van der Waals surface area contributed by atoms with Crippen molar-refractivity contribution in [2.45, 2.75) is 50.5 Å². The first kappa shape index (κ1) is 21.5. The zero-order chi connectivity index (χ0) is 21.5. The smallest absolute Gasteiger partial charge is 0.414 e. The van der Waals surface area contributed by atoms with E-state index in [-0.39, 0.29) is 6.42 Å². The second-order valence-corrected chi connectivity index (χ2v) is 7.81. The number of carboxylic acids is 1. The highest BCUT2D eigenvalue weighted by molar-refractivity contribution is 5.77. The Hall–Kier alpha value is -3.16. The predicted molar refractivity (Wildman–Crippen MR) is 113 cm³/mol. The average Bonchev–Trinajstić information content (AvgIpc) is 2.75. The van der Waals surface area contributed by atoms with Crippen molar-refractivity contribution < 1.29 is 19.4 Å². The summed E-state index contributed by atoms with van der Waals surface area (Å²) >= 11 is 0. The van der Waals surface area contributed by atoms with Crippen molar-refractivity contribution in [2.75, 3.05) is 19.4 Å². The van der Waals surface area contributed by atoms with Crippen LogP contribution in [-0.2, 0) is 11.2 Å². The lowest BCUT2D eigenvalue weighted by Gasteiger charge is -2.25. The molecule has 1 fully saturated rings. The summed E-state index contributed by atoms with van der Waals surface area (Å²) in [5.41, 5.74) is 1.81. The fourth-order valence-corrected chi connectivity index (χ4v) is 3.66. The van der Waals surface area contributed by atoms with Crippen LogP contribution < -0.4 is 10.1 Å². The molecule has 160 valence electrons. The van der Waals surface area contributed by atoms with Gasteiger partial charge in [-0.3, -0.25) is 0 Å². The predicted octanol–water partition coefficient (Wildman–Crippen LogP) is 3.69. The molecule has 1 aliphatic rings. The third kappa shape index (κ3) is 5.68. The molecule has 0 saturated heterocycles. The van der Waals surface area contributed by atoms with Crippen molar-refractivity contribution in [1.82, 2.24) is 14.9 Å². The van der Waals surface area contributed by atoms with E-state index >= 15 is 0 Å². The highest BCUT2D eigenvalue weighted by atomic mass is 16.6. The van der Waals surface area contributed by atoms with E-state index in [0.717, 1.165) is 24.0 Å². The summed E-state index contributed by atoms with van der Waals surface area (Å²) in [7, 11) is 3.21. The summed E-state index contributed by atoms with van der Waals surface area (Å²) in [5, 5.41) is 12.9. The maximum atomic E-state index is 11.9. The molecule has 2 aromatic rings.